The van der Waals surface area contributed by atoms with E-state index in [1.54, 1.807) is 0 Å². The van der Waals surface area contributed by atoms with Gasteiger partial charge in [-0.25, -0.2) is 4.79 Å². The topological polar surface area (TPSA) is 92.5 Å². The first-order valence-electron chi connectivity index (χ1n) is 7.29. The fraction of sp³-hybridized carbons (Fsp3) is 0.533. The molecule has 0 radical (unpaired) electrons. The highest BCUT2D eigenvalue weighted by Crippen LogP contribution is 2.31. The summed E-state index contributed by atoms with van der Waals surface area (Å²) < 4.78 is 0. The number of aromatic carboxylic acids is 1. The summed E-state index contributed by atoms with van der Waals surface area (Å²) in [5.74, 6) is -0.432. The van der Waals surface area contributed by atoms with Crippen LogP contribution in [0.25, 0.3) is 0 Å². The maximum Gasteiger partial charge on any atom is 0.337 e. The molecule has 1 aliphatic carbocycles. The predicted octanol–water partition coefficient (Wildman–Crippen LogP) is 3.67. The van der Waals surface area contributed by atoms with Gasteiger partial charge in [-0.3, -0.25) is 10.1 Å². The van der Waals surface area contributed by atoms with Crippen LogP contribution < -0.4 is 5.32 Å². The molecule has 2 rings (SSSR count). The molecule has 6 heteroatoms. The van der Waals surface area contributed by atoms with Gasteiger partial charge in [-0.15, -0.1) is 0 Å². The van der Waals surface area contributed by atoms with Gasteiger partial charge >= 0.3 is 5.97 Å². The Balaban J connectivity index is 2.22. The highest BCUT2D eigenvalue weighted by molar-refractivity contribution is 5.94. The van der Waals surface area contributed by atoms with Crippen molar-refractivity contribution in [3.63, 3.8) is 0 Å². The van der Waals surface area contributed by atoms with Crippen molar-refractivity contribution >= 4 is 17.3 Å². The van der Waals surface area contributed by atoms with E-state index in [1.807, 2.05) is 0 Å². The molecule has 2 unspecified atom stereocenters. The van der Waals surface area contributed by atoms with Crippen LogP contribution in [0, 0.1) is 16.0 Å². The van der Waals surface area contributed by atoms with E-state index in [9.17, 15) is 20.0 Å². The maximum absolute atomic E-state index is 11.3. The Labute approximate surface area is 123 Å². The van der Waals surface area contributed by atoms with Crippen LogP contribution in [0.15, 0.2) is 18.2 Å². The quantitative estimate of drug-likeness (QED) is 0.638. The van der Waals surface area contributed by atoms with E-state index >= 15 is 0 Å². The van der Waals surface area contributed by atoms with Crippen LogP contribution in [0.4, 0.5) is 11.4 Å². The average molecular weight is 292 g/mol. The number of carbonyl (C=O) groups is 1. The Morgan fingerprint density at radius 1 is 1.48 bits per heavy atom. The van der Waals surface area contributed by atoms with Crippen molar-refractivity contribution in [1.29, 1.82) is 0 Å². The van der Waals surface area contributed by atoms with Crippen LogP contribution in [0.3, 0.4) is 0 Å². The molecule has 6 nitrogen and oxygen atoms in total. The molecular weight excluding hydrogens is 272 g/mol. The van der Waals surface area contributed by atoms with Gasteiger partial charge < -0.3 is 10.4 Å². The van der Waals surface area contributed by atoms with Crippen molar-refractivity contribution in [3.05, 3.63) is 33.9 Å². The van der Waals surface area contributed by atoms with Gasteiger partial charge in [-0.05, 0) is 24.8 Å². The van der Waals surface area contributed by atoms with Crippen LogP contribution in [-0.2, 0) is 0 Å². The summed E-state index contributed by atoms with van der Waals surface area (Å²) >= 11 is 0. The minimum Gasteiger partial charge on any atom is -0.478 e. The lowest BCUT2D eigenvalue weighted by atomic mass is 9.84. The van der Waals surface area contributed by atoms with Gasteiger partial charge in [0.05, 0.1) is 16.2 Å². The van der Waals surface area contributed by atoms with Crippen LogP contribution in [0.1, 0.15) is 49.4 Å². The molecule has 1 aromatic carbocycles. The number of nitrogens with zero attached hydrogens (tertiary/aromatic N) is 1. The molecule has 1 saturated carbocycles. The number of nitro benzene ring substituents is 1. The van der Waals surface area contributed by atoms with E-state index in [2.05, 4.69) is 12.2 Å². The standard InChI is InChI=1S/C15H20N2O4/c1-2-10-4-3-5-11(8-10)16-14-9-12(17(20)21)6-7-13(14)15(18)19/h6-7,9-11,16H,2-5,8H2,1H3,(H,18,19). The zero-order valence-electron chi connectivity index (χ0n) is 12.0. The highest BCUT2D eigenvalue weighted by Gasteiger charge is 2.23. The Kier molecular flexibility index (Phi) is 4.77. The Hall–Kier alpha value is -2.11. The van der Waals surface area contributed by atoms with Gasteiger partial charge in [0.15, 0.2) is 0 Å². The lowest BCUT2D eigenvalue weighted by Crippen LogP contribution is -2.27. The van der Waals surface area contributed by atoms with Crippen molar-refractivity contribution in [2.24, 2.45) is 5.92 Å². The van der Waals surface area contributed by atoms with Gasteiger partial charge in [0.1, 0.15) is 0 Å². The molecule has 2 N–H and O–H groups in total. The van der Waals surface area contributed by atoms with Crippen molar-refractivity contribution in [2.75, 3.05) is 5.32 Å². The van der Waals surface area contributed by atoms with Crippen LogP contribution in [0.2, 0.25) is 0 Å². The molecule has 0 aliphatic heterocycles. The molecule has 0 bridgehead atoms. The third-order valence-corrected chi connectivity index (χ3v) is 4.16. The van der Waals surface area contributed by atoms with E-state index < -0.39 is 10.9 Å². The highest BCUT2D eigenvalue weighted by atomic mass is 16.6. The molecule has 0 amide bonds. The minimum absolute atomic E-state index is 0.0826. The Bertz CT molecular complexity index is 544. The van der Waals surface area contributed by atoms with Gasteiger partial charge in [0, 0.05) is 18.2 Å². The number of non-ortho nitro benzene ring substituents is 1. The van der Waals surface area contributed by atoms with Crippen molar-refractivity contribution < 1.29 is 14.8 Å². The van der Waals surface area contributed by atoms with E-state index in [-0.39, 0.29) is 17.3 Å². The summed E-state index contributed by atoms with van der Waals surface area (Å²) in [6.45, 7) is 2.16. The fourth-order valence-electron chi connectivity index (χ4n) is 2.96. The number of hydrogen-bond donors (Lipinski definition) is 2. The molecule has 0 heterocycles. The number of nitro groups is 1. The molecule has 1 aromatic rings. The molecule has 1 aliphatic rings. The molecule has 2 atom stereocenters. The number of benzene rings is 1. The van der Waals surface area contributed by atoms with E-state index in [4.69, 9.17) is 0 Å². The largest absolute Gasteiger partial charge is 0.478 e. The van der Waals surface area contributed by atoms with E-state index in [0.717, 1.165) is 25.7 Å². The first-order chi connectivity index (χ1) is 10.0. The zero-order valence-corrected chi connectivity index (χ0v) is 12.0. The molecule has 21 heavy (non-hydrogen) atoms. The second-order valence-corrected chi connectivity index (χ2v) is 5.57. The van der Waals surface area contributed by atoms with Gasteiger partial charge in [-0.2, -0.15) is 0 Å². The average Bonchev–Trinajstić information content (AvgIpc) is 2.47. The van der Waals surface area contributed by atoms with Gasteiger partial charge in [0.2, 0.25) is 0 Å². The van der Waals surface area contributed by atoms with Crippen LogP contribution in [0.5, 0.6) is 0 Å². The molecule has 0 aromatic heterocycles. The van der Waals surface area contributed by atoms with Crippen LogP contribution in [-0.4, -0.2) is 22.0 Å². The number of carboxylic acids is 1. The third-order valence-electron chi connectivity index (χ3n) is 4.16. The Morgan fingerprint density at radius 2 is 2.24 bits per heavy atom. The first-order valence-corrected chi connectivity index (χ1v) is 7.29. The molecular formula is C15H20N2O4. The minimum atomic E-state index is -1.07. The number of anilines is 1. The normalized spacial score (nSPS) is 21.8. The van der Waals surface area contributed by atoms with Crippen molar-refractivity contribution in [1.82, 2.24) is 0 Å². The fourth-order valence-corrected chi connectivity index (χ4v) is 2.96. The smallest absolute Gasteiger partial charge is 0.337 e. The number of carboxylic acid groups (broad SMARTS) is 1. The van der Waals surface area contributed by atoms with E-state index in [0.29, 0.717) is 11.6 Å². The summed E-state index contributed by atoms with van der Waals surface area (Å²) in [5.41, 5.74) is 0.336. The summed E-state index contributed by atoms with van der Waals surface area (Å²) in [7, 11) is 0. The van der Waals surface area contributed by atoms with Crippen molar-refractivity contribution in [3.8, 4) is 0 Å². The second-order valence-electron chi connectivity index (χ2n) is 5.57. The Morgan fingerprint density at radius 3 is 2.86 bits per heavy atom. The summed E-state index contributed by atoms with van der Waals surface area (Å²) in [6, 6.07) is 4.02. The van der Waals surface area contributed by atoms with E-state index in [1.165, 1.54) is 24.6 Å². The second kappa shape index (κ2) is 6.56. The lowest BCUT2D eigenvalue weighted by molar-refractivity contribution is -0.384. The summed E-state index contributed by atoms with van der Waals surface area (Å²) in [5, 5.41) is 23.3. The maximum atomic E-state index is 11.3. The summed E-state index contributed by atoms with van der Waals surface area (Å²) in [4.78, 5) is 21.6. The van der Waals surface area contributed by atoms with Crippen molar-refractivity contribution in [2.45, 2.75) is 45.1 Å². The lowest BCUT2D eigenvalue weighted by Gasteiger charge is -2.30. The van der Waals surface area contributed by atoms with Gasteiger partial charge in [0.25, 0.3) is 5.69 Å². The molecule has 0 saturated heterocycles. The monoisotopic (exact) mass is 292 g/mol. The zero-order chi connectivity index (χ0) is 15.4. The molecule has 1 fully saturated rings. The number of rotatable bonds is 5. The SMILES string of the molecule is CCC1CCCC(Nc2cc([N+](=O)[O-])ccc2C(=O)O)C1. The summed E-state index contributed by atoms with van der Waals surface area (Å²) in [6.07, 6.45) is 5.37. The molecule has 0 spiro atoms. The van der Waals surface area contributed by atoms with Crippen LogP contribution >= 0.6 is 0 Å². The number of nitrogens with one attached hydrogen (secondary N) is 1. The number of hydrogen-bond acceptors (Lipinski definition) is 4. The molecule has 114 valence electrons. The first kappa shape index (κ1) is 15.3. The third kappa shape index (κ3) is 3.71. The van der Waals surface area contributed by atoms with Gasteiger partial charge in [-0.1, -0.05) is 26.2 Å². The predicted molar refractivity (Wildman–Crippen MR) is 79.7 cm³/mol.